The summed E-state index contributed by atoms with van der Waals surface area (Å²) in [6.45, 7) is 5.98. The summed E-state index contributed by atoms with van der Waals surface area (Å²) >= 11 is 0. The normalized spacial score (nSPS) is 13.6. The predicted octanol–water partition coefficient (Wildman–Crippen LogP) is 5.58. The smallest absolute Gasteiger partial charge is 0.291 e. The van der Waals surface area contributed by atoms with E-state index in [1.54, 1.807) is 6.92 Å². The molecule has 0 aromatic carbocycles. The third-order valence-corrected chi connectivity index (χ3v) is 4.94. The molecule has 0 radical (unpaired) electrons. The van der Waals surface area contributed by atoms with Crippen molar-refractivity contribution in [1.29, 1.82) is 0 Å². The monoisotopic (exact) mass is 362 g/mol. The highest BCUT2D eigenvalue weighted by atomic mass is 32.2. The van der Waals surface area contributed by atoms with E-state index < -0.39 is 10.1 Å². The molecule has 0 heterocycles. The zero-order valence-corrected chi connectivity index (χ0v) is 16.8. The van der Waals surface area contributed by atoms with E-state index in [1.165, 1.54) is 57.8 Å². The molecule has 5 heteroatoms. The van der Waals surface area contributed by atoms with Crippen LogP contribution in [0.25, 0.3) is 0 Å². The van der Waals surface area contributed by atoms with Gasteiger partial charge in [0.15, 0.2) is 5.94 Å². The summed E-state index contributed by atoms with van der Waals surface area (Å²) in [5, 5.41) is 0. The summed E-state index contributed by atoms with van der Waals surface area (Å²) in [7, 11) is -3.51. The van der Waals surface area contributed by atoms with Crippen LogP contribution in [0.4, 0.5) is 0 Å². The fourth-order valence-corrected chi connectivity index (χ4v) is 3.29. The Balaban J connectivity index is 3.42. The molecule has 1 atom stereocenters. The van der Waals surface area contributed by atoms with Gasteiger partial charge in [-0.2, -0.15) is 8.42 Å². The largest absolute Gasteiger partial charge is 0.360 e. The molecule has 144 valence electrons. The van der Waals surface area contributed by atoms with Gasteiger partial charge in [0.25, 0.3) is 10.1 Å². The van der Waals surface area contributed by atoms with Gasteiger partial charge in [-0.05, 0) is 46.0 Å². The molecular weight excluding hydrogens is 324 g/mol. The van der Waals surface area contributed by atoms with E-state index >= 15 is 0 Å². The molecule has 24 heavy (non-hydrogen) atoms. The van der Waals surface area contributed by atoms with Crippen LogP contribution < -0.4 is 0 Å². The summed E-state index contributed by atoms with van der Waals surface area (Å²) in [5.41, 5.74) is 0. The second kappa shape index (κ2) is 16.1. The minimum atomic E-state index is -3.51. The van der Waals surface area contributed by atoms with Gasteiger partial charge < -0.3 is 4.74 Å². The molecule has 0 aromatic rings. The van der Waals surface area contributed by atoms with E-state index in [9.17, 15) is 8.42 Å². The molecule has 0 bridgehead atoms. The molecule has 0 aromatic heterocycles. The van der Waals surface area contributed by atoms with E-state index in [1.807, 2.05) is 6.92 Å². The average molecular weight is 363 g/mol. The molecular formula is C19H38O4S. The van der Waals surface area contributed by atoms with Crippen LogP contribution in [0.15, 0.2) is 12.2 Å². The zero-order chi connectivity index (χ0) is 18.1. The number of hydrogen-bond acceptors (Lipinski definition) is 4. The van der Waals surface area contributed by atoms with Crippen molar-refractivity contribution >= 4 is 10.1 Å². The third kappa shape index (κ3) is 16.5. The average Bonchev–Trinajstić information content (AvgIpc) is 2.54. The number of unbranched alkanes of at least 4 members (excludes halogenated alkanes) is 8. The first kappa shape index (κ1) is 23.6. The SMILES string of the molecule is CCCCCC/C=C\CCCCCCC(C)OCS(=O)(=O)OCC. The van der Waals surface area contributed by atoms with Gasteiger partial charge in [0.2, 0.25) is 0 Å². The maximum atomic E-state index is 11.4. The van der Waals surface area contributed by atoms with Crippen LogP contribution in [0, 0.1) is 0 Å². The number of allylic oxidation sites excluding steroid dienone is 2. The Morgan fingerprint density at radius 3 is 2.04 bits per heavy atom. The maximum Gasteiger partial charge on any atom is 0.291 e. The summed E-state index contributed by atoms with van der Waals surface area (Å²) in [6, 6.07) is 0. The number of ether oxygens (including phenoxy) is 1. The van der Waals surface area contributed by atoms with Crippen LogP contribution in [0.2, 0.25) is 0 Å². The Morgan fingerprint density at radius 2 is 1.46 bits per heavy atom. The summed E-state index contributed by atoms with van der Waals surface area (Å²) in [5.74, 6) is -0.342. The molecule has 0 saturated carbocycles. The fourth-order valence-electron chi connectivity index (χ4n) is 2.47. The topological polar surface area (TPSA) is 52.6 Å². The van der Waals surface area contributed by atoms with Crippen molar-refractivity contribution in [1.82, 2.24) is 0 Å². The molecule has 1 unspecified atom stereocenters. The number of hydrogen-bond donors (Lipinski definition) is 0. The van der Waals surface area contributed by atoms with Crippen LogP contribution >= 0.6 is 0 Å². The summed E-state index contributed by atoms with van der Waals surface area (Å²) < 4.78 is 32.7. The lowest BCUT2D eigenvalue weighted by molar-refractivity contribution is 0.0855. The van der Waals surface area contributed by atoms with Gasteiger partial charge >= 0.3 is 0 Å². The van der Waals surface area contributed by atoms with Crippen molar-refractivity contribution in [2.45, 2.75) is 97.5 Å². The molecule has 0 saturated heterocycles. The van der Waals surface area contributed by atoms with E-state index in [2.05, 4.69) is 23.3 Å². The van der Waals surface area contributed by atoms with Gasteiger partial charge in [0.1, 0.15) is 0 Å². The molecule has 0 rings (SSSR count). The molecule has 4 nitrogen and oxygen atoms in total. The molecule has 0 aliphatic rings. The Morgan fingerprint density at radius 1 is 0.875 bits per heavy atom. The van der Waals surface area contributed by atoms with Crippen LogP contribution in [0.3, 0.4) is 0 Å². The van der Waals surface area contributed by atoms with Crippen molar-refractivity contribution in [3.8, 4) is 0 Å². The first-order valence-corrected chi connectivity index (χ1v) is 11.2. The molecule has 0 fully saturated rings. The van der Waals surface area contributed by atoms with Crippen molar-refractivity contribution in [2.24, 2.45) is 0 Å². The lowest BCUT2D eigenvalue weighted by Gasteiger charge is -2.12. The Bertz CT molecular complexity index is 390. The Labute approximate surface area is 150 Å². The summed E-state index contributed by atoms with van der Waals surface area (Å²) in [6.07, 6.45) is 17.9. The highest BCUT2D eigenvalue weighted by Crippen LogP contribution is 2.11. The lowest BCUT2D eigenvalue weighted by Crippen LogP contribution is -2.18. The molecule has 0 spiro atoms. The van der Waals surface area contributed by atoms with Gasteiger partial charge in [-0.3, -0.25) is 4.18 Å². The van der Waals surface area contributed by atoms with Gasteiger partial charge in [0.05, 0.1) is 12.7 Å². The maximum absolute atomic E-state index is 11.4. The van der Waals surface area contributed by atoms with E-state index in [4.69, 9.17) is 4.74 Å². The molecule has 0 N–H and O–H groups in total. The second-order valence-electron chi connectivity index (χ2n) is 6.37. The Kier molecular flexibility index (Phi) is 15.8. The Hall–Kier alpha value is -0.390. The summed E-state index contributed by atoms with van der Waals surface area (Å²) in [4.78, 5) is 0. The van der Waals surface area contributed by atoms with Crippen molar-refractivity contribution in [2.75, 3.05) is 12.5 Å². The van der Waals surface area contributed by atoms with Gasteiger partial charge in [-0.15, -0.1) is 0 Å². The van der Waals surface area contributed by atoms with Crippen LogP contribution in [-0.4, -0.2) is 27.1 Å². The minimum absolute atomic E-state index is 0.0387. The highest BCUT2D eigenvalue weighted by Gasteiger charge is 2.12. The quantitative estimate of drug-likeness (QED) is 0.192. The van der Waals surface area contributed by atoms with E-state index in [0.29, 0.717) is 0 Å². The fraction of sp³-hybridized carbons (Fsp3) is 0.895. The first-order valence-electron chi connectivity index (χ1n) is 9.65. The van der Waals surface area contributed by atoms with E-state index in [-0.39, 0.29) is 18.6 Å². The van der Waals surface area contributed by atoms with Gasteiger partial charge in [-0.25, -0.2) is 0 Å². The molecule has 0 aliphatic carbocycles. The lowest BCUT2D eigenvalue weighted by atomic mass is 10.1. The third-order valence-electron chi connectivity index (χ3n) is 3.92. The highest BCUT2D eigenvalue weighted by molar-refractivity contribution is 7.86. The van der Waals surface area contributed by atoms with Gasteiger partial charge in [0, 0.05) is 0 Å². The van der Waals surface area contributed by atoms with Crippen LogP contribution in [0.1, 0.15) is 91.4 Å². The second-order valence-corrected chi connectivity index (χ2v) is 7.96. The van der Waals surface area contributed by atoms with Crippen molar-refractivity contribution in [3.63, 3.8) is 0 Å². The van der Waals surface area contributed by atoms with Gasteiger partial charge in [-0.1, -0.05) is 57.6 Å². The van der Waals surface area contributed by atoms with E-state index in [0.717, 1.165) is 12.8 Å². The first-order chi connectivity index (χ1) is 11.5. The zero-order valence-electron chi connectivity index (χ0n) is 16.0. The number of rotatable bonds is 17. The minimum Gasteiger partial charge on any atom is -0.360 e. The standard InChI is InChI=1S/C19H38O4S/c1-4-6-7-8-9-10-11-12-13-14-15-16-17-19(3)22-18-24(20,21)23-5-2/h10-11,19H,4-9,12-18H2,1-3H3/b11-10-. The van der Waals surface area contributed by atoms with Crippen LogP contribution in [-0.2, 0) is 19.0 Å². The van der Waals surface area contributed by atoms with Crippen LogP contribution in [0.5, 0.6) is 0 Å². The predicted molar refractivity (Wildman–Crippen MR) is 102 cm³/mol. The van der Waals surface area contributed by atoms with Crippen molar-refractivity contribution in [3.05, 3.63) is 12.2 Å². The van der Waals surface area contributed by atoms with Crippen molar-refractivity contribution < 1.29 is 17.3 Å². The molecule has 0 aliphatic heterocycles. The molecule has 0 amide bonds.